The molecule has 1 N–H and O–H groups in total. The first kappa shape index (κ1) is 18.6. The summed E-state index contributed by atoms with van der Waals surface area (Å²) in [6.07, 6.45) is 3.39. The predicted octanol–water partition coefficient (Wildman–Crippen LogP) is 4.35. The molecule has 0 radical (unpaired) electrons. The highest BCUT2D eigenvalue weighted by Gasteiger charge is 2.24. The zero-order valence-electron chi connectivity index (χ0n) is 15.7. The van der Waals surface area contributed by atoms with Crippen molar-refractivity contribution in [1.29, 1.82) is 0 Å². The summed E-state index contributed by atoms with van der Waals surface area (Å²) < 4.78 is 11.0. The minimum Gasteiger partial charge on any atom is -0.472 e. The monoisotopic (exact) mass is 365 g/mol. The molecular weight excluding hydrogens is 342 g/mol. The predicted molar refractivity (Wildman–Crippen MR) is 103 cm³/mol. The molecule has 0 aliphatic rings. The minimum absolute atomic E-state index is 0.277. The van der Waals surface area contributed by atoms with Gasteiger partial charge < -0.3 is 9.47 Å². The Morgan fingerprint density at radius 3 is 2.44 bits per heavy atom. The molecule has 0 fully saturated rings. The van der Waals surface area contributed by atoms with Gasteiger partial charge in [0.05, 0.1) is 6.61 Å². The molecule has 3 aromatic rings. The summed E-state index contributed by atoms with van der Waals surface area (Å²) in [5.41, 5.74) is 3.83. The summed E-state index contributed by atoms with van der Waals surface area (Å²) in [6, 6.07) is 11.7. The lowest BCUT2D eigenvalue weighted by Crippen LogP contribution is -2.08. The first-order valence-electron chi connectivity index (χ1n) is 8.97. The van der Waals surface area contributed by atoms with Crippen molar-refractivity contribution in [3.05, 3.63) is 65.5 Å². The van der Waals surface area contributed by atoms with E-state index >= 15 is 0 Å². The van der Waals surface area contributed by atoms with E-state index in [0.717, 1.165) is 11.1 Å². The van der Waals surface area contributed by atoms with Crippen LogP contribution in [0.4, 0.5) is 0 Å². The molecule has 0 unspecified atom stereocenters. The van der Waals surface area contributed by atoms with Gasteiger partial charge in [-0.1, -0.05) is 38.1 Å². The Labute approximate surface area is 158 Å². The lowest BCUT2D eigenvalue weighted by molar-refractivity contribution is 0.0522. The van der Waals surface area contributed by atoms with Crippen molar-refractivity contribution in [3.63, 3.8) is 0 Å². The number of aromatic nitrogens is 3. The SMILES string of the molecule is CCOC(=O)c1c(-c2ccc(C(C)C)cc2)n[nH]c1OCc1ccncc1. The molecule has 2 aromatic heterocycles. The maximum atomic E-state index is 12.5. The zero-order chi connectivity index (χ0) is 19.2. The second-order valence-corrected chi connectivity index (χ2v) is 6.42. The van der Waals surface area contributed by atoms with Crippen molar-refractivity contribution in [1.82, 2.24) is 15.2 Å². The molecule has 27 heavy (non-hydrogen) atoms. The first-order chi connectivity index (χ1) is 13.1. The van der Waals surface area contributed by atoms with E-state index in [1.807, 2.05) is 36.4 Å². The highest BCUT2D eigenvalue weighted by atomic mass is 16.5. The van der Waals surface area contributed by atoms with Crippen molar-refractivity contribution in [3.8, 4) is 17.1 Å². The molecule has 1 aromatic carbocycles. The maximum absolute atomic E-state index is 12.5. The first-order valence-corrected chi connectivity index (χ1v) is 8.97. The minimum atomic E-state index is -0.459. The van der Waals surface area contributed by atoms with E-state index in [9.17, 15) is 4.79 Å². The van der Waals surface area contributed by atoms with E-state index in [1.54, 1.807) is 19.3 Å². The highest BCUT2D eigenvalue weighted by Crippen LogP contribution is 2.30. The molecule has 0 atom stereocenters. The fourth-order valence-electron chi connectivity index (χ4n) is 2.69. The van der Waals surface area contributed by atoms with Crippen LogP contribution < -0.4 is 4.74 Å². The number of hydrogen-bond donors (Lipinski definition) is 1. The van der Waals surface area contributed by atoms with Gasteiger partial charge in [-0.2, -0.15) is 5.10 Å². The van der Waals surface area contributed by atoms with Gasteiger partial charge in [0.15, 0.2) is 0 Å². The van der Waals surface area contributed by atoms with Gasteiger partial charge in [-0.05, 0) is 36.1 Å². The molecular formula is C21H23N3O3. The van der Waals surface area contributed by atoms with E-state index in [2.05, 4.69) is 29.0 Å². The maximum Gasteiger partial charge on any atom is 0.345 e. The molecule has 0 bridgehead atoms. The van der Waals surface area contributed by atoms with Gasteiger partial charge in [0.2, 0.25) is 5.88 Å². The van der Waals surface area contributed by atoms with Crippen LogP contribution >= 0.6 is 0 Å². The molecule has 3 rings (SSSR count). The van der Waals surface area contributed by atoms with Crippen molar-refractivity contribution >= 4 is 5.97 Å². The van der Waals surface area contributed by atoms with Gasteiger partial charge in [-0.25, -0.2) is 9.89 Å². The molecule has 0 aliphatic heterocycles. The largest absolute Gasteiger partial charge is 0.472 e. The Balaban J connectivity index is 1.91. The zero-order valence-corrected chi connectivity index (χ0v) is 15.7. The Hall–Kier alpha value is -3.15. The Kier molecular flexibility index (Phi) is 5.86. The second kappa shape index (κ2) is 8.49. The van der Waals surface area contributed by atoms with Crippen LogP contribution in [-0.2, 0) is 11.3 Å². The van der Waals surface area contributed by atoms with E-state index in [-0.39, 0.29) is 6.61 Å². The van der Waals surface area contributed by atoms with Gasteiger partial charge in [0, 0.05) is 18.0 Å². The van der Waals surface area contributed by atoms with E-state index in [1.165, 1.54) is 5.56 Å². The number of aromatic amines is 1. The molecule has 2 heterocycles. The van der Waals surface area contributed by atoms with Crippen molar-refractivity contribution in [2.75, 3.05) is 6.61 Å². The van der Waals surface area contributed by atoms with Crippen LogP contribution in [0.1, 0.15) is 48.2 Å². The smallest absolute Gasteiger partial charge is 0.345 e. The van der Waals surface area contributed by atoms with Crippen molar-refractivity contribution < 1.29 is 14.3 Å². The average Bonchev–Trinajstić information content (AvgIpc) is 3.11. The van der Waals surface area contributed by atoms with E-state index < -0.39 is 5.97 Å². The van der Waals surface area contributed by atoms with Crippen LogP contribution in [0, 0.1) is 0 Å². The average molecular weight is 365 g/mol. The molecule has 0 amide bonds. The fourth-order valence-corrected chi connectivity index (χ4v) is 2.69. The number of ether oxygens (including phenoxy) is 2. The van der Waals surface area contributed by atoms with Gasteiger partial charge in [0.25, 0.3) is 0 Å². The van der Waals surface area contributed by atoms with Gasteiger partial charge in [-0.15, -0.1) is 0 Å². The molecule has 0 spiro atoms. The number of rotatable bonds is 7. The molecule has 6 heteroatoms. The fraction of sp³-hybridized carbons (Fsp3) is 0.286. The summed E-state index contributed by atoms with van der Waals surface area (Å²) in [7, 11) is 0. The van der Waals surface area contributed by atoms with Crippen LogP contribution in [0.15, 0.2) is 48.8 Å². The van der Waals surface area contributed by atoms with Crippen LogP contribution in [0.5, 0.6) is 5.88 Å². The van der Waals surface area contributed by atoms with Gasteiger partial charge in [-0.3, -0.25) is 4.98 Å². The molecule has 0 aliphatic carbocycles. The number of nitrogens with one attached hydrogen (secondary N) is 1. The summed E-state index contributed by atoms with van der Waals surface area (Å²) in [5, 5.41) is 7.14. The number of carbonyl (C=O) groups is 1. The molecule has 140 valence electrons. The summed E-state index contributed by atoms with van der Waals surface area (Å²) in [5.74, 6) is 0.272. The van der Waals surface area contributed by atoms with Crippen LogP contribution in [-0.4, -0.2) is 27.8 Å². The third kappa shape index (κ3) is 4.34. The third-order valence-electron chi connectivity index (χ3n) is 4.20. The molecule has 0 saturated heterocycles. The Bertz CT molecular complexity index is 887. The Morgan fingerprint density at radius 2 is 1.81 bits per heavy atom. The van der Waals surface area contributed by atoms with Gasteiger partial charge in [0.1, 0.15) is 17.9 Å². The van der Waals surface area contributed by atoms with Crippen LogP contribution in [0.25, 0.3) is 11.3 Å². The lowest BCUT2D eigenvalue weighted by Gasteiger charge is -2.09. The summed E-state index contributed by atoms with van der Waals surface area (Å²) in [6.45, 7) is 6.62. The van der Waals surface area contributed by atoms with Crippen molar-refractivity contribution in [2.45, 2.75) is 33.3 Å². The molecule has 6 nitrogen and oxygen atoms in total. The van der Waals surface area contributed by atoms with Crippen LogP contribution in [0.3, 0.4) is 0 Å². The third-order valence-corrected chi connectivity index (χ3v) is 4.20. The van der Waals surface area contributed by atoms with E-state index in [0.29, 0.717) is 29.7 Å². The Morgan fingerprint density at radius 1 is 1.11 bits per heavy atom. The number of esters is 1. The van der Waals surface area contributed by atoms with Crippen molar-refractivity contribution in [2.24, 2.45) is 0 Å². The number of carbonyl (C=O) groups excluding carboxylic acids is 1. The normalized spacial score (nSPS) is 10.8. The topological polar surface area (TPSA) is 77.1 Å². The number of benzene rings is 1. The number of hydrogen-bond acceptors (Lipinski definition) is 5. The quantitative estimate of drug-likeness (QED) is 0.630. The number of nitrogens with zero attached hydrogens (tertiary/aromatic N) is 2. The second-order valence-electron chi connectivity index (χ2n) is 6.42. The van der Waals surface area contributed by atoms with Gasteiger partial charge >= 0.3 is 5.97 Å². The lowest BCUT2D eigenvalue weighted by atomic mass is 10.00. The summed E-state index contributed by atoms with van der Waals surface area (Å²) in [4.78, 5) is 16.5. The standard InChI is InChI=1S/C21H23N3O3/c1-4-26-21(25)18-19(17-7-5-16(6-8-17)14(2)3)23-24-20(18)27-13-15-9-11-22-12-10-15/h5-12,14H,4,13H2,1-3H3,(H,23,24). The van der Waals surface area contributed by atoms with E-state index in [4.69, 9.17) is 9.47 Å². The molecule has 0 saturated carbocycles. The van der Waals surface area contributed by atoms with Crippen LogP contribution in [0.2, 0.25) is 0 Å². The summed E-state index contributed by atoms with van der Waals surface area (Å²) >= 11 is 0. The number of H-pyrrole nitrogens is 1. The highest BCUT2D eigenvalue weighted by molar-refractivity contribution is 5.98. The number of pyridine rings is 1.